The molecule has 0 bridgehead atoms. The molecular formula is C30H41I2N3OS. The first-order chi connectivity index (χ1) is 18.1. The van der Waals surface area contributed by atoms with E-state index in [0.717, 1.165) is 26.3 Å². The average molecular weight is 746 g/mol. The van der Waals surface area contributed by atoms with E-state index < -0.39 is 10.8 Å². The van der Waals surface area contributed by atoms with Crippen LogP contribution >= 0.6 is 45.2 Å². The lowest BCUT2D eigenvalue weighted by Crippen LogP contribution is -2.14. The fraction of sp³-hybridized carbons (Fsp3) is 0.533. The molecule has 0 aliphatic carbocycles. The monoisotopic (exact) mass is 745 g/mol. The number of unbranched alkanes of at least 4 members (excludes halogenated alkanes) is 11. The largest absolute Gasteiger partial charge is 0.252 e. The van der Waals surface area contributed by atoms with Crippen LogP contribution < -0.4 is 0 Å². The van der Waals surface area contributed by atoms with Gasteiger partial charge in [-0.1, -0.05) is 102 Å². The second-order valence-corrected chi connectivity index (χ2v) is 13.7. The molecule has 202 valence electrons. The Morgan fingerprint density at radius 1 is 0.865 bits per heavy atom. The molecule has 0 aliphatic heterocycles. The minimum atomic E-state index is -1.22. The van der Waals surface area contributed by atoms with Crippen LogP contribution in [0.5, 0.6) is 0 Å². The molecule has 1 heterocycles. The topological polar surface area (TPSA) is 47.8 Å². The number of rotatable bonds is 18. The lowest BCUT2D eigenvalue weighted by molar-refractivity contribution is 0.455. The van der Waals surface area contributed by atoms with Gasteiger partial charge in [0.25, 0.3) is 0 Å². The van der Waals surface area contributed by atoms with E-state index in [9.17, 15) is 4.21 Å². The Bertz CT molecular complexity index is 1060. The SMILES string of the molecule is CCCCCCCCCCCCCCC(Cn1cncn1)c1cc(I)cc(I)c1S(=O)c1ccccc1. The Balaban J connectivity index is 1.60. The molecule has 7 heteroatoms. The summed E-state index contributed by atoms with van der Waals surface area (Å²) < 4.78 is 17.9. The highest BCUT2D eigenvalue weighted by molar-refractivity contribution is 14.1. The molecular weight excluding hydrogens is 704 g/mol. The predicted octanol–water partition coefficient (Wildman–Crippen LogP) is 9.53. The molecule has 0 saturated carbocycles. The fourth-order valence-corrected chi connectivity index (χ4v) is 8.68. The van der Waals surface area contributed by atoms with E-state index in [1.165, 1.54) is 86.2 Å². The highest BCUT2D eigenvalue weighted by atomic mass is 127. The van der Waals surface area contributed by atoms with E-state index in [1.54, 1.807) is 12.7 Å². The zero-order valence-corrected chi connectivity index (χ0v) is 27.2. The molecule has 0 N–H and O–H groups in total. The van der Waals surface area contributed by atoms with Gasteiger partial charge in [-0.3, -0.25) is 4.68 Å². The summed E-state index contributed by atoms with van der Waals surface area (Å²) in [6.07, 6.45) is 20.6. The highest BCUT2D eigenvalue weighted by Crippen LogP contribution is 2.35. The molecule has 0 radical (unpaired) electrons. The van der Waals surface area contributed by atoms with E-state index in [-0.39, 0.29) is 5.92 Å². The zero-order valence-electron chi connectivity index (χ0n) is 22.1. The van der Waals surface area contributed by atoms with Gasteiger partial charge in [0.2, 0.25) is 0 Å². The number of benzene rings is 2. The van der Waals surface area contributed by atoms with Gasteiger partial charge in [0, 0.05) is 24.5 Å². The third-order valence-electron chi connectivity index (χ3n) is 6.90. The quantitative estimate of drug-likeness (QED) is 0.0964. The Morgan fingerprint density at radius 2 is 1.49 bits per heavy atom. The molecule has 3 rings (SSSR count). The van der Waals surface area contributed by atoms with Gasteiger partial charge >= 0.3 is 0 Å². The van der Waals surface area contributed by atoms with Crippen molar-refractivity contribution in [2.75, 3.05) is 0 Å². The fourth-order valence-electron chi connectivity index (χ4n) is 4.87. The summed E-state index contributed by atoms with van der Waals surface area (Å²) >= 11 is 4.75. The van der Waals surface area contributed by atoms with Crippen LogP contribution in [0.3, 0.4) is 0 Å². The molecule has 0 fully saturated rings. The summed E-state index contributed by atoms with van der Waals surface area (Å²) in [5, 5.41) is 4.39. The smallest absolute Gasteiger partial charge is 0.137 e. The van der Waals surface area contributed by atoms with Crippen molar-refractivity contribution in [1.82, 2.24) is 14.8 Å². The van der Waals surface area contributed by atoms with Crippen LogP contribution in [-0.4, -0.2) is 19.0 Å². The summed E-state index contributed by atoms with van der Waals surface area (Å²) in [5.74, 6) is 0.246. The Morgan fingerprint density at radius 3 is 2.08 bits per heavy atom. The van der Waals surface area contributed by atoms with Gasteiger partial charge in [-0.05, 0) is 81.4 Å². The van der Waals surface area contributed by atoms with Crippen molar-refractivity contribution in [2.45, 2.75) is 113 Å². The van der Waals surface area contributed by atoms with Crippen LogP contribution in [-0.2, 0) is 17.3 Å². The first-order valence-corrected chi connectivity index (χ1v) is 17.2. The molecule has 0 saturated heterocycles. The maximum absolute atomic E-state index is 13.8. The average Bonchev–Trinajstić information content (AvgIpc) is 3.41. The third-order valence-corrected chi connectivity index (χ3v) is 10.3. The van der Waals surface area contributed by atoms with Gasteiger partial charge in [-0.15, -0.1) is 0 Å². The summed E-state index contributed by atoms with van der Waals surface area (Å²) in [4.78, 5) is 5.97. The minimum Gasteiger partial charge on any atom is -0.252 e. The molecule has 0 spiro atoms. The van der Waals surface area contributed by atoms with Crippen LogP contribution in [0.15, 0.2) is 64.9 Å². The van der Waals surface area contributed by atoms with Crippen molar-refractivity contribution >= 4 is 56.0 Å². The van der Waals surface area contributed by atoms with Crippen LogP contribution in [0.4, 0.5) is 0 Å². The predicted molar refractivity (Wildman–Crippen MR) is 171 cm³/mol. The van der Waals surface area contributed by atoms with Crippen molar-refractivity contribution in [3.8, 4) is 0 Å². The molecule has 2 atom stereocenters. The van der Waals surface area contributed by atoms with Crippen molar-refractivity contribution < 1.29 is 4.21 Å². The van der Waals surface area contributed by atoms with Gasteiger partial charge in [0.05, 0.1) is 15.7 Å². The maximum Gasteiger partial charge on any atom is 0.137 e. The van der Waals surface area contributed by atoms with Gasteiger partial charge in [0.1, 0.15) is 12.7 Å². The van der Waals surface area contributed by atoms with Gasteiger partial charge in [0.15, 0.2) is 0 Å². The van der Waals surface area contributed by atoms with Crippen LogP contribution in [0.25, 0.3) is 0 Å². The van der Waals surface area contributed by atoms with E-state index >= 15 is 0 Å². The number of hydrogen-bond donors (Lipinski definition) is 0. The molecule has 3 aromatic rings. The van der Waals surface area contributed by atoms with Crippen LogP contribution in [0.2, 0.25) is 0 Å². The molecule has 1 aromatic heterocycles. The van der Waals surface area contributed by atoms with Crippen LogP contribution in [0.1, 0.15) is 102 Å². The normalized spacial score (nSPS) is 13.1. The number of aromatic nitrogens is 3. The zero-order chi connectivity index (χ0) is 26.3. The second kappa shape index (κ2) is 17.7. The first kappa shape index (κ1) is 30.7. The van der Waals surface area contributed by atoms with Crippen molar-refractivity contribution in [3.05, 3.63) is 67.8 Å². The molecule has 0 aliphatic rings. The minimum absolute atomic E-state index is 0.246. The molecule has 37 heavy (non-hydrogen) atoms. The van der Waals surface area contributed by atoms with Gasteiger partial charge < -0.3 is 0 Å². The summed E-state index contributed by atoms with van der Waals surface area (Å²) in [7, 11) is -1.22. The molecule has 2 unspecified atom stereocenters. The third kappa shape index (κ3) is 10.7. The molecule has 2 aromatic carbocycles. The van der Waals surface area contributed by atoms with E-state index in [2.05, 4.69) is 74.3 Å². The summed E-state index contributed by atoms with van der Waals surface area (Å²) in [6, 6.07) is 14.2. The van der Waals surface area contributed by atoms with Gasteiger partial charge in [-0.2, -0.15) is 5.10 Å². The lowest BCUT2D eigenvalue weighted by Gasteiger charge is -2.22. The van der Waals surface area contributed by atoms with E-state index in [0.29, 0.717) is 0 Å². The Kier molecular flexibility index (Phi) is 14.7. The Hall–Kier alpha value is -0.810. The number of halogens is 2. The lowest BCUT2D eigenvalue weighted by atomic mass is 9.92. The highest BCUT2D eigenvalue weighted by Gasteiger charge is 2.23. The van der Waals surface area contributed by atoms with Crippen LogP contribution in [0, 0.1) is 7.14 Å². The summed E-state index contributed by atoms with van der Waals surface area (Å²) in [6.45, 7) is 3.04. The van der Waals surface area contributed by atoms with Crippen molar-refractivity contribution in [2.24, 2.45) is 0 Å². The van der Waals surface area contributed by atoms with Crippen molar-refractivity contribution in [3.63, 3.8) is 0 Å². The van der Waals surface area contributed by atoms with Crippen molar-refractivity contribution in [1.29, 1.82) is 0 Å². The standard InChI is InChI=1S/C30H41I2N3OS/c1-2-3-4-5-6-7-8-9-10-11-12-14-17-25(22-35-24-33-23-34-35)28-20-26(31)21-29(32)30(28)37(36)27-18-15-13-16-19-27/h13,15-16,18-21,23-25H,2-12,14,17,22H2,1H3. The van der Waals surface area contributed by atoms with Gasteiger partial charge in [-0.25, -0.2) is 9.19 Å². The summed E-state index contributed by atoms with van der Waals surface area (Å²) in [5.41, 5.74) is 1.19. The first-order valence-electron chi connectivity index (χ1n) is 13.9. The maximum atomic E-state index is 13.8. The molecule has 4 nitrogen and oxygen atoms in total. The van der Waals surface area contributed by atoms with E-state index in [1.807, 2.05) is 35.0 Å². The Labute approximate surface area is 253 Å². The second-order valence-electron chi connectivity index (χ2n) is 9.88. The number of nitrogens with zero attached hydrogens (tertiary/aromatic N) is 3. The van der Waals surface area contributed by atoms with E-state index in [4.69, 9.17) is 0 Å². The molecule has 0 amide bonds. The number of hydrogen-bond acceptors (Lipinski definition) is 3.